The molecule has 4 atom stereocenters. The van der Waals surface area contributed by atoms with Crippen molar-refractivity contribution in [3.8, 4) is 0 Å². The Kier molecular flexibility index (Phi) is 10.5. The lowest BCUT2D eigenvalue weighted by Gasteiger charge is -2.43. The topological polar surface area (TPSA) is 111 Å². The van der Waals surface area contributed by atoms with Crippen molar-refractivity contribution in [1.29, 1.82) is 0 Å². The third kappa shape index (κ3) is 8.22. The van der Waals surface area contributed by atoms with E-state index in [9.17, 15) is 14.7 Å². The number of hydrogen-bond acceptors (Lipinski definition) is 9. The predicted octanol–water partition coefficient (Wildman–Crippen LogP) is 7.45. The molecule has 1 saturated heterocycles. The molecule has 0 spiro atoms. The third-order valence-corrected chi connectivity index (χ3v) is 10.1. The molecule has 0 aliphatic carbocycles. The molecule has 8 nitrogen and oxygen atoms in total. The van der Waals surface area contributed by atoms with Crippen molar-refractivity contribution in [3.63, 3.8) is 0 Å². The Labute approximate surface area is 282 Å². The second kappa shape index (κ2) is 15.1. The van der Waals surface area contributed by atoms with Crippen LogP contribution in [0.15, 0.2) is 107 Å². The lowest BCUT2D eigenvalue weighted by atomic mass is 9.84. The average Bonchev–Trinajstić information content (AvgIpc) is 3.52. The summed E-state index contributed by atoms with van der Waals surface area (Å²) in [5.41, 5.74) is 5.74. The molecule has 47 heavy (non-hydrogen) atoms. The van der Waals surface area contributed by atoms with Crippen molar-refractivity contribution in [2.45, 2.75) is 55.6 Å². The zero-order valence-corrected chi connectivity index (χ0v) is 27.7. The smallest absolute Gasteiger partial charge is 0.228 e. The van der Waals surface area contributed by atoms with Crippen LogP contribution in [0.1, 0.15) is 68.4 Å². The van der Waals surface area contributed by atoms with Crippen molar-refractivity contribution in [3.05, 3.63) is 142 Å². The number of nitrogens with one attached hydrogen (secondary N) is 1. The number of Topliss-reactive ketones (excluding diaryl/α,β-unsaturated/α-hetero) is 1. The van der Waals surface area contributed by atoms with E-state index < -0.39 is 6.29 Å². The molecule has 1 fully saturated rings. The predicted molar refractivity (Wildman–Crippen MR) is 184 cm³/mol. The number of carbonyl (C=O) groups excluding carboxylic acids is 2. The highest BCUT2D eigenvalue weighted by Gasteiger charge is 2.42. The Morgan fingerprint density at radius 1 is 0.851 bits per heavy atom. The van der Waals surface area contributed by atoms with Gasteiger partial charge in [-0.3, -0.25) is 9.59 Å². The van der Waals surface area contributed by atoms with Gasteiger partial charge in [-0.15, -0.1) is 10.2 Å². The minimum atomic E-state index is -0.656. The molecule has 0 radical (unpaired) electrons. The second-order valence-electron chi connectivity index (χ2n) is 11.4. The molecule has 2 heterocycles. The molecular weight excluding hydrogens is 631 g/mol. The number of anilines is 1. The molecule has 5 aromatic rings. The normalized spacial score (nSPS) is 19.3. The molecule has 1 aliphatic heterocycles. The summed E-state index contributed by atoms with van der Waals surface area (Å²) in [6.07, 6.45) is -1.05. The standard InChI is InChI=1S/C37H35N3O5S2/c1-23(42)30-9-6-10-31(20-30)38-33(43)19-25-11-17-29(18-12-25)36-44-32(22-46-37-40-39-24(2)47-37)34(27-7-4-3-5-8-27)35(45-36)28-15-13-26(21-41)14-16-28/h3-18,20,32,34-36,41H,19,21-22H2,1-2H3,(H,38,43). The van der Waals surface area contributed by atoms with Crippen molar-refractivity contribution in [2.24, 2.45) is 0 Å². The van der Waals surface area contributed by atoms with Gasteiger partial charge in [0.05, 0.1) is 25.2 Å². The quantitative estimate of drug-likeness (QED) is 0.111. The number of nitrogens with zero attached hydrogens (tertiary/aromatic N) is 2. The number of aliphatic hydroxyl groups excluding tert-OH is 1. The van der Waals surface area contributed by atoms with E-state index >= 15 is 0 Å². The number of carbonyl (C=O) groups is 2. The fourth-order valence-corrected chi connectivity index (χ4v) is 7.55. The van der Waals surface area contributed by atoms with E-state index in [0.717, 1.165) is 37.2 Å². The molecule has 4 aromatic carbocycles. The van der Waals surface area contributed by atoms with Crippen LogP contribution in [0.25, 0.3) is 0 Å². The van der Waals surface area contributed by atoms with Gasteiger partial charge in [0.25, 0.3) is 0 Å². The van der Waals surface area contributed by atoms with E-state index in [1.54, 1.807) is 47.4 Å². The van der Waals surface area contributed by atoms with Gasteiger partial charge in [0.15, 0.2) is 16.4 Å². The van der Waals surface area contributed by atoms with Crippen LogP contribution in [-0.2, 0) is 27.3 Å². The number of amides is 1. The summed E-state index contributed by atoms with van der Waals surface area (Å²) in [5, 5.41) is 22.0. The van der Waals surface area contributed by atoms with Gasteiger partial charge in [-0.1, -0.05) is 114 Å². The fraction of sp³-hybridized carbons (Fsp3) is 0.243. The lowest BCUT2D eigenvalue weighted by Crippen LogP contribution is -2.38. The molecule has 6 rings (SSSR count). The summed E-state index contributed by atoms with van der Waals surface area (Å²) in [6, 6.07) is 32.8. The van der Waals surface area contributed by atoms with Crippen LogP contribution >= 0.6 is 23.1 Å². The van der Waals surface area contributed by atoms with Crippen molar-refractivity contribution >= 4 is 40.5 Å². The number of ether oxygens (including phenoxy) is 2. The highest BCUT2D eigenvalue weighted by atomic mass is 32.2. The number of aromatic nitrogens is 2. The number of hydrogen-bond donors (Lipinski definition) is 2. The van der Waals surface area contributed by atoms with E-state index in [-0.39, 0.29) is 42.8 Å². The highest BCUT2D eigenvalue weighted by Crippen LogP contribution is 2.48. The number of thioether (sulfide) groups is 1. The molecule has 1 aromatic heterocycles. The maximum absolute atomic E-state index is 12.8. The monoisotopic (exact) mass is 665 g/mol. The van der Waals surface area contributed by atoms with E-state index in [2.05, 4.69) is 27.6 Å². The number of rotatable bonds is 11. The minimum absolute atomic E-state index is 0.0324. The number of aliphatic hydroxyl groups is 1. The third-order valence-electron chi connectivity index (χ3n) is 8.02. The fourth-order valence-electron chi connectivity index (χ4n) is 5.64. The maximum atomic E-state index is 12.8. The van der Waals surface area contributed by atoms with Gasteiger partial charge in [-0.05, 0) is 48.2 Å². The maximum Gasteiger partial charge on any atom is 0.228 e. The SMILES string of the molecule is CC(=O)c1cccc(NC(=O)Cc2ccc(C3OC(CSc4nnc(C)s4)C(c4ccccc4)C(c4ccc(CO)cc4)O3)cc2)c1. The number of aryl methyl sites for hydroxylation is 1. The van der Waals surface area contributed by atoms with Crippen LogP contribution in [0.5, 0.6) is 0 Å². The van der Waals surface area contributed by atoms with Gasteiger partial charge in [0.1, 0.15) is 5.01 Å². The van der Waals surface area contributed by atoms with E-state index in [0.29, 0.717) is 17.0 Å². The Bertz CT molecular complexity index is 1810. The first-order chi connectivity index (χ1) is 22.9. The van der Waals surface area contributed by atoms with Crippen LogP contribution in [0.4, 0.5) is 5.69 Å². The summed E-state index contributed by atoms with van der Waals surface area (Å²) in [4.78, 5) is 24.6. The van der Waals surface area contributed by atoms with Gasteiger partial charge in [-0.2, -0.15) is 0 Å². The molecule has 1 aliphatic rings. The van der Waals surface area contributed by atoms with Crippen LogP contribution in [0.3, 0.4) is 0 Å². The summed E-state index contributed by atoms with van der Waals surface area (Å²) in [6.45, 7) is 3.41. The molecule has 2 N–H and O–H groups in total. The van der Waals surface area contributed by atoms with E-state index in [1.807, 2.05) is 73.7 Å². The Morgan fingerprint density at radius 2 is 1.57 bits per heavy atom. The van der Waals surface area contributed by atoms with Crippen molar-refractivity contribution in [2.75, 3.05) is 11.1 Å². The minimum Gasteiger partial charge on any atom is -0.392 e. The average molecular weight is 666 g/mol. The zero-order valence-electron chi connectivity index (χ0n) is 26.0. The first-order valence-electron chi connectivity index (χ1n) is 15.3. The van der Waals surface area contributed by atoms with Gasteiger partial charge in [-0.25, -0.2) is 0 Å². The Hall–Kier alpha value is -4.19. The molecule has 0 bridgehead atoms. The first-order valence-corrected chi connectivity index (χ1v) is 17.1. The van der Waals surface area contributed by atoms with Crippen LogP contribution in [-0.4, -0.2) is 38.9 Å². The first kappa shape index (κ1) is 32.7. The summed E-state index contributed by atoms with van der Waals surface area (Å²) in [5.74, 6) is 0.296. The zero-order chi connectivity index (χ0) is 32.8. The van der Waals surface area contributed by atoms with Crippen LogP contribution in [0, 0.1) is 6.92 Å². The van der Waals surface area contributed by atoms with Gasteiger partial charge >= 0.3 is 0 Å². The molecular formula is C37H35N3O5S2. The summed E-state index contributed by atoms with van der Waals surface area (Å²) >= 11 is 3.19. The van der Waals surface area contributed by atoms with Gasteiger partial charge in [0.2, 0.25) is 5.91 Å². The largest absolute Gasteiger partial charge is 0.392 e. The Morgan fingerprint density at radius 3 is 2.26 bits per heavy atom. The van der Waals surface area contributed by atoms with Crippen LogP contribution in [0.2, 0.25) is 0 Å². The summed E-state index contributed by atoms with van der Waals surface area (Å²) in [7, 11) is 0. The summed E-state index contributed by atoms with van der Waals surface area (Å²) < 4.78 is 14.4. The van der Waals surface area contributed by atoms with Crippen LogP contribution < -0.4 is 5.32 Å². The molecule has 0 saturated carbocycles. The Balaban J connectivity index is 1.24. The van der Waals surface area contributed by atoms with E-state index in [4.69, 9.17) is 9.47 Å². The molecule has 4 unspecified atom stereocenters. The van der Waals surface area contributed by atoms with Gasteiger partial charge in [0, 0.05) is 28.5 Å². The second-order valence-corrected chi connectivity index (χ2v) is 13.8. The van der Waals surface area contributed by atoms with Gasteiger partial charge < -0.3 is 19.9 Å². The molecule has 1 amide bonds. The lowest BCUT2D eigenvalue weighted by molar-refractivity contribution is -0.255. The number of ketones is 1. The molecule has 240 valence electrons. The highest BCUT2D eigenvalue weighted by molar-refractivity contribution is 8.01. The van der Waals surface area contributed by atoms with Crippen molar-refractivity contribution < 1.29 is 24.2 Å². The van der Waals surface area contributed by atoms with E-state index in [1.165, 1.54) is 6.92 Å². The number of benzene rings is 4. The van der Waals surface area contributed by atoms with Crippen molar-refractivity contribution in [1.82, 2.24) is 10.2 Å². The molecule has 10 heteroatoms.